The van der Waals surface area contributed by atoms with E-state index in [0.29, 0.717) is 12.6 Å². The Labute approximate surface area is 118 Å². The van der Waals surface area contributed by atoms with Crippen LogP contribution in [-0.2, 0) is 6.61 Å². The molecule has 1 atom stereocenters. The highest BCUT2D eigenvalue weighted by atomic mass is 32.1. The van der Waals surface area contributed by atoms with Crippen molar-refractivity contribution < 1.29 is 4.74 Å². The number of ether oxygens (including phenoxy) is 1. The molecule has 1 heterocycles. The number of benzene rings is 1. The molecule has 0 aliphatic rings. The second kappa shape index (κ2) is 6.68. The Morgan fingerprint density at radius 2 is 2.05 bits per heavy atom. The molecule has 19 heavy (non-hydrogen) atoms. The van der Waals surface area contributed by atoms with E-state index in [1.807, 2.05) is 31.5 Å². The van der Waals surface area contributed by atoms with Gasteiger partial charge in [0.1, 0.15) is 12.4 Å². The fourth-order valence-corrected chi connectivity index (χ4v) is 2.63. The maximum atomic E-state index is 5.73. The first-order chi connectivity index (χ1) is 9.22. The van der Waals surface area contributed by atoms with Crippen LogP contribution in [0.5, 0.6) is 5.75 Å². The molecule has 0 aliphatic carbocycles. The molecule has 0 bridgehead atoms. The normalized spacial score (nSPS) is 12.4. The lowest BCUT2D eigenvalue weighted by molar-refractivity contribution is 0.302. The van der Waals surface area contributed by atoms with Crippen LogP contribution in [0.4, 0.5) is 0 Å². The van der Waals surface area contributed by atoms with Crippen LogP contribution in [0.1, 0.15) is 35.7 Å². The minimum absolute atomic E-state index is 0.412. The van der Waals surface area contributed by atoms with Gasteiger partial charge in [-0.2, -0.15) is 0 Å². The fourth-order valence-electron chi connectivity index (χ4n) is 2.03. The first-order valence-electron chi connectivity index (χ1n) is 6.54. The van der Waals surface area contributed by atoms with E-state index in [1.54, 1.807) is 11.3 Å². The van der Waals surface area contributed by atoms with E-state index >= 15 is 0 Å². The van der Waals surface area contributed by atoms with E-state index < -0.39 is 0 Å². The maximum Gasteiger partial charge on any atom is 0.131 e. The number of hydrogen-bond donors (Lipinski definition) is 1. The third-order valence-electron chi connectivity index (χ3n) is 3.09. The predicted octanol–water partition coefficient (Wildman–Crippen LogP) is 3.70. The molecule has 2 aromatic rings. The zero-order chi connectivity index (χ0) is 13.7. The molecule has 1 aromatic carbocycles. The highest BCUT2D eigenvalue weighted by molar-refractivity contribution is 7.09. The molecule has 102 valence electrons. The molecule has 0 spiro atoms. The predicted molar refractivity (Wildman–Crippen MR) is 79.7 cm³/mol. The van der Waals surface area contributed by atoms with Crippen LogP contribution in [0.15, 0.2) is 29.6 Å². The maximum absolute atomic E-state index is 5.73. The van der Waals surface area contributed by atoms with Gasteiger partial charge >= 0.3 is 0 Å². The summed E-state index contributed by atoms with van der Waals surface area (Å²) < 4.78 is 5.73. The average molecular weight is 276 g/mol. The molecular weight excluding hydrogens is 256 g/mol. The molecule has 0 amide bonds. The van der Waals surface area contributed by atoms with Crippen molar-refractivity contribution in [3.63, 3.8) is 0 Å². The van der Waals surface area contributed by atoms with Gasteiger partial charge in [0.15, 0.2) is 0 Å². The molecule has 3 nitrogen and oxygen atoms in total. The largest absolute Gasteiger partial charge is 0.487 e. The monoisotopic (exact) mass is 276 g/mol. The van der Waals surface area contributed by atoms with E-state index in [4.69, 9.17) is 4.74 Å². The minimum atomic E-state index is 0.412. The van der Waals surface area contributed by atoms with Gasteiger partial charge in [-0.1, -0.05) is 19.1 Å². The van der Waals surface area contributed by atoms with Crippen molar-refractivity contribution in [2.75, 3.05) is 7.05 Å². The molecule has 1 unspecified atom stereocenters. The van der Waals surface area contributed by atoms with Gasteiger partial charge < -0.3 is 10.1 Å². The topological polar surface area (TPSA) is 34.1 Å². The Kier molecular flexibility index (Phi) is 4.93. The zero-order valence-electron chi connectivity index (χ0n) is 11.6. The van der Waals surface area contributed by atoms with Crippen molar-refractivity contribution in [2.24, 2.45) is 0 Å². The number of aryl methyl sites for hydroxylation is 1. The molecule has 0 fully saturated rings. The van der Waals surface area contributed by atoms with Gasteiger partial charge in [0, 0.05) is 11.4 Å². The summed E-state index contributed by atoms with van der Waals surface area (Å²) in [4.78, 5) is 4.38. The first kappa shape index (κ1) is 14.0. The second-order valence-corrected chi connectivity index (χ2v) is 5.53. The Hall–Kier alpha value is -1.39. The van der Waals surface area contributed by atoms with E-state index in [2.05, 4.69) is 29.4 Å². The Balaban J connectivity index is 1.95. The Bertz CT molecular complexity index is 503. The summed E-state index contributed by atoms with van der Waals surface area (Å²) in [6.07, 6.45) is 1.08. The summed E-state index contributed by atoms with van der Waals surface area (Å²) in [6.45, 7) is 4.72. The first-order valence-corrected chi connectivity index (χ1v) is 7.42. The number of hydrogen-bond acceptors (Lipinski definition) is 4. The molecule has 1 aromatic heterocycles. The van der Waals surface area contributed by atoms with E-state index in [1.165, 1.54) is 5.56 Å². The third-order valence-corrected chi connectivity index (χ3v) is 3.91. The van der Waals surface area contributed by atoms with E-state index in [0.717, 1.165) is 22.9 Å². The number of nitrogens with one attached hydrogen (secondary N) is 1. The summed E-state index contributed by atoms with van der Waals surface area (Å²) in [6, 6.07) is 8.69. The lowest BCUT2D eigenvalue weighted by atomic mass is 10.1. The van der Waals surface area contributed by atoms with E-state index in [-0.39, 0.29) is 0 Å². The molecule has 0 aliphatic heterocycles. The molecule has 0 radical (unpaired) electrons. The molecular formula is C15H20N2OS. The zero-order valence-corrected chi connectivity index (χ0v) is 12.5. The number of rotatable bonds is 6. The smallest absolute Gasteiger partial charge is 0.131 e. The summed E-state index contributed by atoms with van der Waals surface area (Å²) in [7, 11) is 1.99. The highest BCUT2D eigenvalue weighted by Gasteiger charge is 2.06. The molecule has 0 saturated heterocycles. The van der Waals surface area contributed by atoms with Crippen molar-refractivity contribution in [2.45, 2.75) is 32.9 Å². The molecule has 4 heteroatoms. The highest BCUT2D eigenvalue weighted by Crippen LogP contribution is 2.20. The lowest BCUT2D eigenvalue weighted by Gasteiger charge is -2.14. The quantitative estimate of drug-likeness (QED) is 0.873. The van der Waals surface area contributed by atoms with Gasteiger partial charge in [-0.15, -0.1) is 11.3 Å². The summed E-state index contributed by atoms with van der Waals surface area (Å²) >= 11 is 1.65. The summed E-state index contributed by atoms with van der Waals surface area (Å²) in [5.74, 6) is 0.889. The minimum Gasteiger partial charge on any atom is -0.487 e. The van der Waals surface area contributed by atoms with Crippen LogP contribution in [-0.4, -0.2) is 12.0 Å². The van der Waals surface area contributed by atoms with Crippen LogP contribution in [0.2, 0.25) is 0 Å². The summed E-state index contributed by atoms with van der Waals surface area (Å²) in [5.41, 5.74) is 2.29. The second-order valence-electron chi connectivity index (χ2n) is 4.47. The molecule has 0 saturated carbocycles. The number of aromatic nitrogens is 1. The SMILES string of the molecule is CCC(NC)c1ccc(OCc2csc(C)n2)cc1. The van der Waals surface area contributed by atoms with Crippen LogP contribution < -0.4 is 10.1 Å². The van der Waals surface area contributed by atoms with Gasteiger partial charge in [0.2, 0.25) is 0 Å². The molecule has 2 rings (SSSR count). The third kappa shape index (κ3) is 3.78. The van der Waals surface area contributed by atoms with Crippen LogP contribution >= 0.6 is 11.3 Å². The van der Waals surface area contributed by atoms with Crippen molar-refractivity contribution in [1.29, 1.82) is 0 Å². The average Bonchev–Trinajstić information content (AvgIpc) is 2.85. The van der Waals surface area contributed by atoms with Gasteiger partial charge in [0.25, 0.3) is 0 Å². The Morgan fingerprint density at radius 1 is 1.32 bits per heavy atom. The van der Waals surface area contributed by atoms with Gasteiger partial charge in [-0.05, 0) is 38.1 Å². The van der Waals surface area contributed by atoms with Crippen molar-refractivity contribution in [3.8, 4) is 5.75 Å². The van der Waals surface area contributed by atoms with Crippen molar-refractivity contribution in [3.05, 3.63) is 45.9 Å². The van der Waals surface area contributed by atoms with Crippen molar-refractivity contribution in [1.82, 2.24) is 10.3 Å². The standard InChI is InChI=1S/C15H20N2OS/c1-4-15(16-3)12-5-7-14(8-6-12)18-9-13-10-19-11(2)17-13/h5-8,10,15-16H,4,9H2,1-3H3. The van der Waals surface area contributed by atoms with Gasteiger partial charge in [0.05, 0.1) is 10.7 Å². The number of nitrogens with zero attached hydrogens (tertiary/aromatic N) is 1. The van der Waals surface area contributed by atoms with Crippen molar-refractivity contribution >= 4 is 11.3 Å². The van der Waals surface area contributed by atoms with Crippen LogP contribution in [0.25, 0.3) is 0 Å². The fraction of sp³-hybridized carbons (Fsp3) is 0.400. The van der Waals surface area contributed by atoms with E-state index in [9.17, 15) is 0 Å². The molecule has 1 N–H and O–H groups in total. The Morgan fingerprint density at radius 3 is 2.58 bits per heavy atom. The summed E-state index contributed by atoms with van der Waals surface area (Å²) in [5, 5.41) is 6.42. The van der Waals surface area contributed by atoms with Crippen LogP contribution in [0, 0.1) is 6.92 Å². The van der Waals surface area contributed by atoms with Gasteiger partial charge in [-0.25, -0.2) is 4.98 Å². The lowest BCUT2D eigenvalue weighted by Crippen LogP contribution is -2.14. The number of thiazole rings is 1. The van der Waals surface area contributed by atoms with Crippen LogP contribution in [0.3, 0.4) is 0 Å². The van der Waals surface area contributed by atoms with Gasteiger partial charge in [-0.3, -0.25) is 0 Å².